The average molecular weight is 465 g/mol. The van der Waals surface area contributed by atoms with Crippen molar-refractivity contribution in [3.8, 4) is 5.69 Å². The van der Waals surface area contributed by atoms with Gasteiger partial charge < -0.3 is 9.67 Å². The van der Waals surface area contributed by atoms with Gasteiger partial charge in [-0.25, -0.2) is 27.8 Å². The molecule has 5 rings (SSSR count). The molecule has 0 saturated heterocycles. The molecular weight excluding hydrogens is 443 g/mol. The summed E-state index contributed by atoms with van der Waals surface area (Å²) in [5, 5.41) is 15.0. The lowest BCUT2D eigenvalue weighted by Crippen LogP contribution is -2.30. The monoisotopic (exact) mass is 465 g/mol. The molecule has 0 amide bonds. The molecule has 2 aromatic carbocycles. The molecule has 0 spiro atoms. The number of aromatic nitrogens is 5. The van der Waals surface area contributed by atoms with Gasteiger partial charge in [0.1, 0.15) is 5.82 Å². The Morgan fingerprint density at radius 2 is 1.82 bits per heavy atom. The Bertz CT molecular complexity index is 1380. The lowest BCUT2D eigenvalue weighted by atomic mass is 9.88. The van der Waals surface area contributed by atoms with E-state index in [0.717, 1.165) is 34.6 Å². The van der Waals surface area contributed by atoms with Gasteiger partial charge in [0.05, 0.1) is 24.0 Å². The van der Waals surface area contributed by atoms with Gasteiger partial charge in [-0.2, -0.15) is 5.10 Å². The normalized spacial score (nSPS) is 17.9. The number of rotatable bonds is 4. The number of aliphatic hydroxyl groups excluding tert-OH is 1. The molecular formula is C25H22F3N5O. The van der Waals surface area contributed by atoms with Crippen molar-refractivity contribution >= 4 is 12.2 Å². The molecule has 0 unspecified atom stereocenters. The van der Waals surface area contributed by atoms with Crippen molar-refractivity contribution in [2.45, 2.75) is 38.8 Å². The second-order valence-corrected chi connectivity index (χ2v) is 8.49. The van der Waals surface area contributed by atoms with Gasteiger partial charge >= 0.3 is 0 Å². The first-order valence-electron chi connectivity index (χ1n) is 10.9. The zero-order valence-corrected chi connectivity index (χ0v) is 18.6. The lowest BCUT2D eigenvalue weighted by Gasteiger charge is -2.27. The molecule has 0 bridgehead atoms. The van der Waals surface area contributed by atoms with E-state index >= 15 is 0 Å². The molecule has 9 heteroatoms. The van der Waals surface area contributed by atoms with Gasteiger partial charge in [0.15, 0.2) is 23.3 Å². The predicted molar refractivity (Wildman–Crippen MR) is 121 cm³/mol. The van der Waals surface area contributed by atoms with Gasteiger partial charge in [-0.1, -0.05) is 12.1 Å². The van der Waals surface area contributed by atoms with Gasteiger partial charge in [0, 0.05) is 18.4 Å². The number of hydrogen-bond acceptors (Lipinski definition) is 4. The van der Waals surface area contributed by atoms with Crippen molar-refractivity contribution in [2.24, 2.45) is 0 Å². The van der Waals surface area contributed by atoms with Crippen LogP contribution < -0.4 is 0 Å². The maximum Gasteiger partial charge on any atom is 0.194 e. The van der Waals surface area contributed by atoms with Crippen LogP contribution in [0.4, 0.5) is 13.2 Å². The molecule has 0 aliphatic carbocycles. The third kappa shape index (κ3) is 4.03. The largest absolute Gasteiger partial charge is 0.392 e. The van der Waals surface area contributed by atoms with E-state index in [1.165, 1.54) is 0 Å². The van der Waals surface area contributed by atoms with Crippen molar-refractivity contribution in [1.29, 1.82) is 0 Å². The van der Waals surface area contributed by atoms with E-state index in [1.807, 2.05) is 48.9 Å². The van der Waals surface area contributed by atoms with Crippen LogP contribution in [-0.2, 0) is 6.54 Å². The number of nitrogens with zero attached hydrogens (tertiary/aromatic N) is 5. The van der Waals surface area contributed by atoms with Crippen LogP contribution in [0.15, 0.2) is 42.9 Å². The molecule has 1 aliphatic rings. The van der Waals surface area contributed by atoms with Gasteiger partial charge in [-0.15, -0.1) is 0 Å². The minimum Gasteiger partial charge on any atom is -0.392 e. The highest BCUT2D eigenvalue weighted by molar-refractivity contribution is 5.68. The van der Waals surface area contributed by atoms with Crippen LogP contribution in [0.3, 0.4) is 0 Å². The first-order valence-corrected chi connectivity index (χ1v) is 10.9. The van der Waals surface area contributed by atoms with Gasteiger partial charge in [-0.3, -0.25) is 0 Å². The molecule has 1 aliphatic heterocycles. The minimum absolute atomic E-state index is 0.119. The second-order valence-electron chi connectivity index (χ2n) is 8.49. The second kappa shape index (κ2) is 8.57. The molecule has 0 fully saturated rings. The number of benzene rings is 2. The quantitative estimate of drug-likeness (QED) is 0.449. The Morgan fingerprint density at radius 3 is 2.50 bits per heavy atom. The predicted octanol–water partition coefficient (Wildman–Crippen LogP) is 4.56. The van der Waals surface area contributed by atoms with E-state index in [-0.39, 0.29) is 5.56 Å². The molecule has 0 saturated carbocycles. The van der Waals surface area contributed by atoms with Crippen molar-refractivity contribution in [3.63, 3.8) is 0 Å². The topological polar surface area (TPSA) is 68.8 Å². The zero-order chi connectivity index (χ0) is 24.0. The Balaban J connectivity index is 1.43. The minimum atomic E-state index is -1.54. The molecule has 2 atom stereocenters. The number of aryl methyl sites for hydroxylation is 3. The maximum atomic E-state index is 13.8. The maximum absolute atomic E-state index is 13.8. The first kappa shape index (κ1) is 22.1. The summed E-state index contributed by atoms with van der Waals surface area (Å²) >= 11 is 0. The summed E-state index contributed by atoms with van der Waals surface area (Å²) in [6.45, 7) is 4.37. The average Bonchev–Trinajstić information content (AvgIpc) is 3.41. The van der Waals surface area contributed by atoms with E-state index in [0.29, 0.717) is 24.6 Å². The van der Waals surface area contributed by atoms with Gasteiger partial charge in [0.25, 0.3) is 0 Å². The zero-order valence-electron chi connectivity index (χ0n) is 18.6. The summed E-state index contributed by atoms with van der Waals surface area (Å²) in [6, 6.07) is 7.82. The van der Waals surface area contributed by atoms with Crippen molar-refractivity contribution in [1.82, 2.24) is 24.3 Å². The third-order valence-electron chi connectivity index (χ3n) is 6.02. The van der Waals surface area contributed by atoms with Crippen LogP contribution in [-0.4, -0.2) is 35.5 Å². The highest BCUT2D eigenvalue weighted by atomic mass is 19.2. The van der Waals surface area contributed by atoms with Crippen LogP contribution >= 0.6 is 0 Å². The van der Waals surface area contributed by atoms with E-state index in [9.17, 15) is 18.3 Å². The van der Waals surface area contributed by atoms with Crippen LogP contribution in [0.5, 0.6) is 0 Å². The van der Waals surface area contributed by atoms with Gasteiger partial charge in [0.2, 0.25) is 0 Å². The summed E-state index contributed by atoms with van der Waals surface area (Å²) in [5.41, 5.74) is 4.11. The molecule has 0 radical (unpaired) electrons. The van der Waals surface area contributed by atoms with Crippen LogP contribution in [0, 0.1) is 31.3 Å². The number of hydrogen-bond donors (Lipinski definition) is 1. The highest BCUT2D eigenvalue weighted by Gasteiger charge is 2.33. The number of aliphatic hydroxyl groups is 1. The molecule has 4 aromatic rings. The summed E-state index contributed by atoms with van der Waals surface area (Å²) in [6.07, 6.45) is 6.77. The Kier molecular flexibility index (Phi) is 5.57. The molecule has 34 heavy (non-hydrogen) atoms. The molecule has 174 valence electrons. The van der Waals surface area contributed by atoms with E-state index in [1.54, 1.807) is 17.1 Å². The van der Waals surface area contributed by atoms with E-state index in [2.05, 4.69) is 15.1 Å². The van der Waals surface area contributed by atoms with Crippen LogP contribution in [0.1, 0.15) is 46.4 Å². The Morgan fingerprint density at radius 1 is 1.06 bits per heavy atom. The van der Waals surface area contributed by atoms with Crippen molar-refractivity contribution in [2.75, 3.05) is 0 Å². The highest BCUT2D eigenvalue weighted by Crippen LogP contribution is 2.34. The van der Waals surface area contributed by atoms with E-state index < -0.39 is 29.5 Å². The Hall–Kier alpha value is -3.72. The summed E-state index contributed by atoms with van der Waals surface area (Å²) in [5.74, 6) is -4.17. The smallest absolute Gasteiger partial charge is 0.194 e. The first-order chi connectivity index (χ1) is 16.3. The lowest BCUT2D eigenvalue weighted by molar-refractivity contribution is 0.118. The molecule has 3 heterocycles. The fraction of sp³-hybridized carbons (Fsp3) is 0.240. The number of fused-ring (bicyclic) bond motifs is 1. The van der Waals surface area contributed by atoms with Crippen molar-refractivity contribution in [3.05, 3.63) is 94.3 Å². The SMILES string of the molecule is Cc1cn(-c2ccc(/C=C/c3nc4n(n3)CC[C@H](O)[C@@H]4c3cc(F)c(F)c(F)c3)cc2C)cn1. The Labute approximate surface area is 194 Å². The molecule has 1 N–H and O–H groups in total. The van der Waals surface area contributed by atoms with Crippen LogP contribution in [0.25, 0.3) is 17.8 Å². The standard InChI is InChI=1S/C25H22F3N5O/c1-14-9-16(3-5-20(14)32-12-15(2)29-13-32)4-6-22-30-25-23(21(34)7-8-33(25)31-22)17-10-18(26)24(28)19(27)11-17/h3-6,9-13,21,23,34H,7-8H2,1-2H3/b6-4+/t21-,23-/m0/s1. The summed E-state index contributed by atoms with van der Waals surface area (Å²) in [7, 11) is 0. The van der Waals surface area contributed by atoms with Crippen molar-refractivity contribution < 1.29 is 18.3 Å². The van der Waals surface area contributed by atoms with Gasteiger partial charge in [-0.05, 0) is 67.3 Å². The number of halogens is 3. The van der Waals surface area contributed by atoms with Crippen LogP contribution in [0.2, 0.25) is 0 Å². The fourth-order valence-electron chi connectivity index (χ4n) is 4.35. The molecule has 6 nitrogen and oxygen atoms in total. The summed E-state index contributed by atoms with van der Waals surface area (Å²) < 4.78 is 44.7. The number of imidazole rings is 1. The fourth-order valence-corrected chi connectivity index (χ4v) is 4.35. The third-order valence-corrected chi connectivity index (χ3v) is 6.02. The molecule has 2 aromatic heterocycles. The summed E-state index contributed by atoms with van der Waals surface area (Å²) in [4.78, 5) is 8.76. The van der Waals surface area contributed by atoms with E-state index in [4.69, 9.17) is 0 Å².